The van der Waals surface area contributed by atoms with E-state index >= 15 is 0 Å². The summed E-state index contributed by atoms with van der Waals surface area (Å²) in [7, 11) is 0. The summed E-state index contributed by atoms with van der Waals surface area (Å²) in [4.78, 5) is -0.320. The first-order chi connectivity index (χ1) is 5.58. The van der Waals surface area contributed by atoms with Gasteiger partial charge in [-0.1, -0.05) is 0 Å². The molecule has 4 heteroatoms. The number of rotatable bonds is 5. The maximum atomic E-state index is 6.01. The Morgan fingerprint density at radius 1 is 1.42 bits per heavy atom. The van der Waals surface area contributed by atoms with Crippen molar-refractivity contribution in [2.45, 2.75) is 31.4 Å². The van der Waals surface area contributed by atoms with Crippen LogP contribution in [-0.4, -0.2) is 29.6 Å². The van der Waals surface area contributed by atoms with E-state index in [1.165, 1.54) is 0 Å². The van der Waals surface area contributed by atoms with E-state index in [1.807, 2.05) is 20.8 Å². The third kappa shape index (κ3) is 1.76. The van der Waals surface area contributed by atoms with Gasteiger partial charge in [0.05, 0.1) is 0 Å². The van der Waals surface area contributed by atoms with Crippen molar-refractivity contribution in [3.8, 4) is 0 Å². The van der Waals surface area contributed by atoms with E-state index in [9.17, 15) is 0 Å². The van der Waals surface area contributed by atoms with Crippen LogP contribution in [-0.2, 0) is 9.47 Å². The molecule has 0 aromatic carbocycles. The molecule has 1 atom stereocenters. The Kier molecular flexibility index (Phi) is 3.04. The van der Waals surface area contributed by atoms with Gasteiger partial charge in [-0.15, -0.1) is 11.8 Å². The Hall–Kier alpha value is 0.230. The number of thioether (sulfide) groups is 1. The van der Waals surface area contributed by atoms with E-state index in [1.54, 1.807) is 11.8 Å². The van der Waals surface area contributed by atoms with Crippen LogP contribution in [0.25, 0.3) is 0 Å². The average molecular weight is 191 g/mol. The van der Waals surface area contributed by atoms with Crippen molar-refractivity contribution in [2.75, 3.05) is 19.0 Å². The first kappa shape index (κ1) is 10.3. The molecule has 2 N–H and O–H groups in total. The number of ether oxygens (including phenoxy) is 2. The lowest BCUT2D eigenvalue weighted by Crippen LogP contribution is -2.52. The standard InChI is InChI=1S/C8H17NO2S/c1-4-10-7(3,11-5-2)8(9)6-12-8/h4-6,9H2,1-3H3. The molecule has 0 spiro atoms. The molecule has 1 aliphatic heterocycles. The smallest absolute Gasteiger partial charge is 0.193 e. The molecular formula is C8H17NO2S. The molecule has 0 aromatic heterocycles. The normalized spacial score (nSPS) is 29.0. The summed E-state index contributed by atoms with van der Waals surface area (Å²) >= 11 is 1.69. The van der Waals surface area contributed by atoms with Crippen LogP contribution < -0.4 is 5.73 Å². The minimum absolute atomic E-state index is 0.320. The lowest BCUT2D eigenvalue weighted by molar-refractivity contribution is -0.231. The highest BCUT2D eigenvalue weighted by Gasteiger charge is 2.57. The fourth-order valence-corrected chi connectivity index (χ4v) is 1.97. The van der Waals surface area contributed by atoms with Crippen molar-refractivity contribution in [1.29, 1.82) is 0 Å². The summed E-state index contributed by atoms with van der Waals surface area (Å²) in [5, 5.41) is 0. The fraction of sp³-hybridized carbons (Fsp3) is 1.00. The predicted molar refractivity (Wildman–Crippen MR) is 51.0 cm³/mol. The zero-order valence-corrected chi connectivity index (χ0v) is 8.74. The van der Waals surface area contributed by atoms with E-state index in [-0.39, 0.29) is 4.87 Å². The molecule has 0 radical (unpaired) electrons. The van der Waals surface area contributed by atoms with E-state index in [2.05, 4.69) is 0 Å². The van der Waals surface area contributed by atoms with Crippen molar-refractivity contribution in [2.24, 2.45) is 5.73 Å². The molecule has 72 valence electrons. The Labute approximate surface area is 78.0 Å². The second-order valence-electron chi connectivity index (χ2n) is 2.99. The van der Waals surface area contributed by atoms with Gasteiger partial charge in [-0.3, -0.25) is 0 Å². The monoisotopic (exact) mass is 191 g/mol. The second-order valence-corrected chi connectivity index (χ2v) is 4.30. The van der Waals surface area contributed by atoms with Crippen LogP contribution in [0.5, 0.6) is 0 Å². The van der Waals surface area contributed by atoms with Gasteiger partial charge < -0.3 is 15.2 Å². The zero-order valence-electron chi connectivity index (χ0n) is 7.92. The largest absolute Gasteiger partial charge is 0.348 e. The minimum Gasteiger partial charge on any atom is -0.348 e. The maximum Gasteiger partial charge on any atom is 0.193 e. The molecule has 0 bridgehead atoms. The van der Waals surface area contributed by atoms with Crippen LogP contribution in [0.1, 0.15) is 20.8 Å². The van der Waals surface area contributed by atoms with Gasteiger partial charge >= 0.3 is 0 Å². The molecule has 1 saturated heterocycles. The molecule has 12 heavy (non-hydrogen) atoms. The van der Waals surface area contributed by atoms with Gasteiger partial charge in [0.25, 0.3) is 0 Å². The Morgan fingerprint density at radius 2 is 1.83 bits per heavy atom. The minimum atomic E-state index is -0.610. The van der Waals surface area contributed by atoms with Crippen LogP contribution in [0.4, 0.5) is 0 Å². The van der Waals surface area contributed by atoms with E-state index in [0.717, 1.165) is 5.75 Å². The second kappa shape index (κ2) is 3.54. The average Bonchev–Trinajstić information content (AvgIpc) is 2.70. The van der Waals surface area contributed by atoms with Crippen molar-refractivity contribution >= 4 is 11.8 Å². The predicted octanol–water partition coefficient (Wildman–Crippen LogP) is 1.18. The first-order valence-corrected chi connectivity index (χ1v) is 5.27. The quantitative estimate of drug-likeness (QED) is 0.523. The SMILES string of the molecule is CCOC(C)(OCC)C1(N)CS1. The summed E-state index contributed by atoms with van der Waals surface area (Å²) in [6.45, 7) is 7.09. The van der Waals surface area contributed by atoms with Gasteiger partial charge in [0.2, 0.25) is 0 Å². The van der Waals surface area contributed by atoms with Crippen LogP contribution in [0.3, 0.4) is 0 Å². The summed E-state index contributed by atoms with van der Waals surface area (Å²) in [5.41, 5.74) is 6.01. The molecule has 1 heterocycles. The summed E-state index contributed by atoms with van der Waals surface area (Å²) in [6, 6.07) is 0. The van der Waals surface area contributed by atoms with E-state index in [4.69, 9.17) is 15.2 Å². The fourth-order valence-electron chi connectivity index (χ4n) is 1.18. The highest BCUT2D eigenvalue weighted by molar-refractivity contribution is 8.07. The van der Waals surface area contributed by atoms with Gasteiger partial charge in [-0.05, 0) is 20.8 Å². The Morgan fingerprint density at radius 3 is 2.08 bits per heavy atom. The number of nitrogens with two attached hydrogens (primary N) is 1. The zero-order chi connectivity index (χ0) is 9.24. The van der Waals surface area contributed by atoms with Gasteiger partial charge in [0.1, 0.15) is 4.87 Å². The van der Waals surface area contributed by atoms with Gasteiger partial charge in [-0.2, -0.15) is 0 Å². The molecular weight excluding hydrogens is 174 g/mol. The number of hydrogen-bond acceptors (Lipinski definition) is 4. The molecule has 1 aliphatic rings. The molecule has 1 unspecified atom stereocenters. The van der Waals surface area contributed by atoms with Crippen LogP contribution in [0.15, 0.2) is 0 Å². The molecule has 0 saturated carbocycles. The van der Waals surface area contributed by atoms with Crippen molar-refractivity contribution in [3.05, 3.63) is 0 Å². The van der Waals surface area contributed by atoms with Crippen LogP contribution in [0, 0.1) is 0 Å². The van der Waals surface area contributed by atoms with Gasteiger partial charge in [-0.25, -0.2) is 0 Å². The van der Waals surface area contributed by atoms with Gasteiger partial charge in [0.15, 0.2) is 5.79 Å². The van der Waals surface area contributed by atoms with E-state index < -0.39 is 5.79 Å². The summed E-state index contributed by atoms with van der Waals surface area (Å²) in [6.07, 6.45) is 0. The van der Waals surface area contributed by atoms with E-state index in [0.29, 0.717) is 13.2 Å². The molecule has 0 aromatic rings. The lowest BCUT2D eigenvalue weighted by Gasteiger charge is -2.33. The highest BCUT2D eigenvalue weighted by atomic mass is 32.2. The molecule has 0 amide bonds. The highest BCUT2D eigenvalue weighted by Crippen LogP contribution is 2.49. The summed E-state index contributed by atoms with van der Waals surface area (Å²) < 4.78 is 11.1. The lowest BCUT2D eigenvalue weighted by atomic mass is 10.1. The summed E-state index contributed by atoms with van der Waals surface area (Å²) in [5.74, 6) is 0.310. The topological polar surface area (TPSA) is 44.5 Å². The Bertz CT molecular complexity index is 153. The number of hydrogen-bond donors (Lipinski definition) is 1. The molecule has 3 nitrogen and oxygen atoms in total. The molecule has 0 aliphatic carbocycles. The van der Waals surface area contributed by atoms with Crippen LogP contribution >= 0.6 is 11.8 Å². The van der Waals surface area contributed by atoms with Crippen molar-refractivity contribution < 1.29 is 9.47 Å². The van der Waals surface area contributed by atoms with Crippen molar-refractivity contribution in [3.63, 3.8) is 0 Å². The first-order valence-electron chi connectivity index (χ1n) is 4.28. The Balaban J connectivity index is 2.58. The third-order valence-corrected chi connectivity index (χ3v) is 3.35. The molecule has 1 rings (SSSR count). The van der Waals surface area contributed by atoms with Crippen molar-refractivity contribution in [1.82, 2.24) is 0 Å². The molecule has 1 fully saturated rings. The third-order valence-electron chi connectivity index (χ3n) is 2.06. The van der Waals surface area contributed by atoms with Crippen LogP contribution in [0.2, 0.25) is 0 Å². The van der Waals surface area contributed by atoms with Gasteiger partial charge in [0, 0.05) is 19.0 Å². The maximum absolute atomic E-state index is 6.01.